The van der Waals surface area contributed by atoms with E-state index < -0.39 is 5.60 Å². The van der Waals surface area contributed by atoms with E-state index in [-0.39, 0.29) is 0 Å². The van der Waals surface area contributed by atoms with Crippen molar-refractivity contribution in [1.29, 1.82) is 0 Å². The molecule has 1 saturated heterocycles. The number of rotatable bonds is 5. The van der Waals surface area contributed by atoms with Gasteiger partial charge in [0.05, 0.1) is 6.54 Å². The third-order valence-corrected chi connectivity index (χ3v) is 4.49. The number of likely N-dealkylation sites (tertiary alicyclic amines) is 1. The van der Waals surface area contributed by atoms with Gasteiger partial charge in [-0.3, -0.25) is 4.99 Å². The van der Waals surface area contributed by atoms with Crippen molar-refractivity contribution in [3.8, 4) is 0 Å². The predicted octanol–water partition coefficient (Wildman–Crippen LogP) is 1.22. The van der Waals surface area contributed by atoms with Crippen LogP contribution in [0.15, 0.2) is 15.5 Å². The Balaban J connectivity index is 1.86. The smallest absolute Gasteiger partial charge is 0.191 e. The molecule has 2 heterocycles. The molecule has 6 heteroatoms. The second-order valence-electron chi connectivity index (χ2n) is 6.82. The second-order valence-corrected chi connectivity index (χ2v) is 6.82. The highest BCUT2D eigenvalue weighted by molar-refractivity contribution is 5.79. The van der Waals surface area contributed by atoms with Crippen molar-refractivity contribution in [2.24, 2.45) is 10.9 Å². The van der Waals surface area contributed by atoms with E-state index in [1.165, 1.54) is 6.42 Å². The molecule has 2 rings (SSSR count). The molecule has 1 aromatic heterocycles. The number of furan rings is 1. The molecule has 0 radical (unpaired) electrons. The number of hydrogen-bond acceptors (Lipinski definition) is 4. The minimum Gasteiger partial charge on any atom is -0.466 e. The molecule has 0 bridgehead atoms. The molecule has 1 aromatic rings. The third-order valence-electron chi connectivity index (χ3n) is 4.49. The van der Waals surface area contributed by atoms with Gasteiger partial charge < -0.3 is 25.1 Å². The highest BCUT2D eigenvalue weighted by Crippen LogP contribution is 2.26. The van der Waals surface area contributed by atoms with Gasteiger partial charge in [-0.15, -0.1) is 0 Å². The molecule has 0 amide bonds. The Morgan fingerprint density at radius 3 is 2.74 bits per heavy atom. The van der Waals surface area contributed by atoms with Crippen molar-refractivity contribution in [3.05, 3.63) is 23.2 Å². The number of nitrogens with one attached hydrogen (secondary N) is 2. The molecule has 0 aromatic carbocycles. The Labute approximate surface area is 139 Å². The summed E-state index contributed by atoms with van der Waals surface area (Å²) in [4.78, 5) is 6.58. The fourth-order valence-electron chi connectivity index (χ4n) is 3.17. The van der Waals surface area contributed by atoms with Gasteiger partial charge in [-0.2, -0.15) is 0 Å². The summed E-state index contributed by atoms with van der Waals surface area (Å²) in [7, 11) is 3.90. The molecular weight excluding hydrogens is 292 g/mol. The summed E-state index contributed by atoms with van der Waals surface area (Å²) in [5.41, 5.74) is -0.192. The van der Waals surface area contributed by atoms with Crippen LogP contribution in [-0.4, -0.2) is 56.2 Å². The first kappa shape index (κ1) is 17.8. The summed E-state index contributed by atoms with van der Waals surface area (Å²) in [5, 5.41) is 17.3. The first-order valence-electron chi connectivity index (χ1n) is 8.25. The summed E-state index contributed by atoms with van der Waals surface area (Å²) in [5.74, 6) is 2.94. The number of aliphatic imine (C=N–C) groups is 1. The largest absolute Gasteiger partial charge is 0.466 e. The van der Waals surface area contributed by atoms with Gasteiger partial charge in [0.1, 0.15) is 17.1 Å². The zero-order chi connectivity index (χ0) is 17.0. The van der Waals surface area contributed by atoms with Crippen molar-refractivity contribution in [1.82, 2.24) is 15.5 Å². The first-order chi connectivity index (χ1) is 10.8. The normalized spacial score (nSPS) is 22.2. The zero-order valence-electron chi connectivity index (χ0n) is 14.9. The van der Waals surface area contributed by atoms with E-state index in [1.54, 1.807) is 14.0 Å². The molecular formula is C17H30N4O2. The van der Waals surface area contributed by atoms with Gasteiger partial charge in [0, 0.05) is 25.7 Å². The van der Waals surface area contributed by atoms with Crippen LogP contribution in [0.1, 0.15) is 30.4 Å². The van der Waals surface area contributed by atoms with Gasteiger partial charge in [-0.25, -0.2) is 0 Å². The molecule has 6 nitrogen and oxygen atoms in total. The Morgan fingerprint density at radius 1 is 1.48 bits per heavy atom. The third kappa shape index (κ3) is 4.72. The van der Waals surface area contributed by atoms with E-state index in [2.05, 4.69) is 27.6 Å². The van der Waals surface area contributed by atoms with Crippen LogP contribution in [-0.2, 0) is 5.60 Å². The number of hydrogen-bond donors (Lipinski definition) is 3. The van der Waals surface area contributed by atoms with Gasteiger partial charge >= 0.3 is 0 Å². The second kappa shape index (κ2) is 7.36. The van der Waals surface area contributed by atoms with Crippen LogP contribution in [0, 0.1) is 19.8 Å². The molecule has 1 aliphatic rings. The molecule has 0 aliphatic carbocycles. The summed E-state index contributed by atoms with van der Waals surface area (Å²) < 4.78 is 5.52. The maximum absolute atomic E-state index is 10.7. The van der Waals surface area contributed by atoms with Crippen LogP contribution in [0.5, 0.6) is 0 Å². The van der Waals surface area contributed by atoms with Gasteiger partial charge in [0.15, 0.2) is 5.96 Å². The molecule has 1 fully saturated rings. The van der Waals surface area contributed by atoms with Gasteiger partial charge in [-0.1, -0.05) is 0 Å². The predicted molar refractivity (Wildman–Crippen MR) is 92.7 cm³/mol. The van der Waals surface area contributed by atoms with E-state index in [9.17, 15) is 5.11 Å². The number of aryl methyl sites for hydroxylation is 2. The van der Waals surface area contributed by atoms with E-state index >= 15 is 0 Å². The van der Waals surface area contributed by atoms with Crippen molar-refractivity contribution >= 4 is 5.96 Å². The van der Waals surface area contributed by atoms with Crippen LogP contribution in [0.2, 0.25) is 0 Å². The van der Waals surface area contributed by atoms with Crippen LogP contribution < -0.4 is 10.6 Å². The van der Waals surface area contributed by atoms with Crippen molar-refractivity contribution in [2.75, 3.05) is 40.3 Å². The summed E-state index contributed by atoms with van der Waals surface area (Å²) in [6.07, 6.45) is 1.21. The molecule has 1 aliphatic heterocycles. The van der Waals surface area contributed by atoms with Gasteiger partial charge in [0.2, 0.25) is 0 Å². The average molecular weight is 322 g/mol. The molecule has 23 heavy (non-hydrogen) atoms. The minimum absolute atomic E-state index is 0.372. The lowest BCUT2D eigenvalue weighted by atomic mass is 9.96. The summed E-state index contributed by atoms with van der Waals surface area (Å²) >= 11 is 0. The monoisotopic (exact) mass is 322 g/mol. The van der Waals surface area contributed by atoms with Crippen molar-refractivity contribution < 1.29 is 9.52 Å². The lowest BCUT2D eigenvalue weighted by Gasteiger charge is -2.25. The van der Waals surface area contributed by atoms with Crippen LogP contribution in [0.25, 0.3) is 0 Å². The topological polar surface area (TPSA) is 73.0 Å². The molecule has 0 saturated carbocycles. The van der Waals surface area contributed by atoms with Crippen LogP contribution in [0.3, 0.4) is 0 Å². The minimum atomic E-state index is -1.01. The van der Waals surface area contributed by atoms with Crippen LogP contribution in [0.4, 0.5) is 0 Å². The Kier molecular flexibility index (Phi) is 5.70. The highest BCUT2D eigenvalue weighted by atomic mass is 16.3. The molecule has 2 atom stereocenters. The maximum Gasteiger partial charge on any atom is 0.191 e. The Hall–Kier alpha value is -1.53. The fourth-order valence-corrected chi connectivity index (χ4v) is 3.17. The Morgan fingerprint density at radius 2 is 2.22 bits per heavy atom. The summed E-state index contributed by atoms with van der Waals surface area (Å²) in [6, 6.07) is 1.89. The van der Waals surface area contributed by atoms with E-state index in [0.29, 0.717) is 12.5 Å². The van der Waals surface area contributed by atoms with E-state index in [4.69, 9.17) is 4.42 Å². The van der Waals surface area contributed by atoms with Gasteiger partial charge in [0.25, 0.3) is 0 Å². The number of guanidine groups is 1. The van der Waals surface area contributed by atoms with Crippen molar-refractivity contribution in [2.45, 2.75) is 32.8 Å². The van der Waals surface area contributed by atoms with E-state index in [0.717, 1.165) is 42.7 Å². The zero-order valence-corrected chi connectivity index (χ0v) is 14.9. The number of aliphatic hydroxyl groups is 1. The Bertz CT molecular complexity index is 551. The highest BCUT2D eigenvalue weighted by Gasteiger charge is 2.28. The standard InChI is InChI=1S/C17H30N4O2/c1-12-8-15(13(2)23-12)17(3,22)11-20-16(18-4)19-9-14-6-7-21(5)10-14/h8,14,22H,6-7,9-11H2,1-5H3,(H2,18,19,20). The lowest BCUT2D eigenvalue weighted by molar-refractivity contribution is 0.0601. The maximum atomic E-state index is 10.7. The van der Waals surface area contributed by atoms with Crippen molar-refractivity contribution in [3.63, 3.8) is 0 Å². The van der Waals surface area contributed by atoms with E-state index in [1.807, 2.05) is 19.9 Å². The first-order valence-corrected chi connectivity index (χ1v) is 8.25. The number of nitrogens with zero attached hydrogens (tertiary/aromatic N) is 2. The average Bonchev–Trinajstić information content (AvgIpc) is 3.05. The van der Waals surface area contributed by atoms with Crippen LogP contribution >= 0.6 is 0 Å². The summed E-state index contributed by atoms with van der Waals surface area (Å²) in [6.45, 7) is 9.10. The molecule has 2 unspecified atom stereocenters. The fraction of sp³-hybridized carbons (Fsp3) is 0.706. The molecule has 0 spiro atoms. The SMILES string of the molecule is CN=C(NCC1CCN(C)C1)NCC(C)(O)c1cc(C)oc1C. The van der Waals surface area contributed by atoms with Gasteiger partial charge in [-0.05, 0) is 52.8 Å². The lowest BCUT2D eigenvalue weighted by Crippen LogP contribution is -2.45. The molecule has 3 N–H and O–H groups in total. The molecule has 130 valence electrons. The quantitative estimate of drug-likeness (QED) is 0.561.